The molecule has 0 spiro atoms. The van der Waals surface area contributed by atoms with Crippen LogP contribution in [0.3, 0.4) is 0 Å². The van der Waals surface area contributed by atoms with E-state index in [1.807, 2.05) is 0 Å². The Kier molecular flexibility index (Phi) is 9.42. The SMILES string of the molecule is C.O=C([O-])c1cc(=O)c2c(OCC(O)COc3cccc4oc(C(=O)[O-])cc(=O)c34)cccc2o1.[Na+]. The van der Waals surface area contributed by atoms with Crippen molar-refractivity contribution in [2.45, 2.75) is 13.5 Å². The maximum Gasteiger partial charge on any atom is 1.00 e. The molecule has 4 aromatic rings. The fourth-order valence-electron chi connectivity index (χ4n) is 3.22. The number of rotatable bonds is 8. The predicted octanol–water partition coefficient (Wildman–Crippen LogP) is -2.91. The number of hydrogen-bond donors (Lipinski definition) is 1. The van der Waals surface area contributed by atoms with Crippen molar-refractivity contribution in [3.8, 4) is 11.5 Å². The van der Waals surface area contributed by atoms with Crippen LogP contribution in [0, 0.1) is 0 Å². The molecule has 0 fully saturated rings. The van der Waals surface area contributed by atoms with Crippen LogP contribution in [0.15, 0.2) is 67.0 Å². The van der Waals surface area contributed by atoms with E-state index in [0.29, 0.717) is 0 Å². The topological polar surface area (TPSA) is 179 Å². The van der Waals surface area contributed by atoms with Gasteiger partial charge in [0.15, 0.2) is 22.4 Å². The van der Waals surface area contributed by atoms with Gasteiger partial charge in [-0.25, -0.2) is 0 Å². The molecule has 0 bridgehead atoms. The molecule has 2 aromatic heterocycles. The average molecular weight is 505 g/mol. The Balaban J connectivity index is 0.00000228. The number of carboxylic acid groups (broad SMARTS) is 2. The molecule has 12 heteroatoms. The Bertz CT molecular complexity index is 1420. The van der Waals surface area contributed by atoms with Crippen LogP contribution < -0.4 is 60.1 Å². The van der Waals surface area contributed by atoms with Gasteiger partial charge in [-0.2, -0.15) is 0 Å². The van der Waals surface area contributed by atoms with Gasteiger partial charge in [0.1, 0.15) is 64.7 Å². The van der Waals surface area contributed by atoms with E-state index >= 15 is 0 Å². The first-order valence-electron chi connectivity index (χ1n) is 9.74. The Morgan fingerprint density at radius 3 is 1.56 bits per heavy atom. The summed E-state index contributed by atoms with van der Waals surface area (Å²) < 4.78 is 21.2. The molecule has 0 saturated carbocycles. The van der Waals surface area contributed by atoms with Gasteiger partial charge in [0.25, 0.3) is 0 Å². The molecule has 0 radical (unpaired) electrons. The standard InChI is InChI=1S/C23H16O11.CH4.Na/c24-11(9-31-14-3-1-5-16-20(14)12(25)7-18(33-16)22(27)28)10-32-15-4-2-6-17-21(15)13(26)8-19(34-17)23(29)30;;/h1-8,11,24H,9-10H2,(H,27,28)(H,29,30);1H4;/q;;+1/p-2. The monoisotopic (exact) mass is 505 g/mol. The third-order valence-electron chi connectivity index (χ3n) is 4.70. The second kappa shape index (κ2) is 11.9. The molecular weight excluding hydrogens is 487 g/mol. The number of hydrogen-bond acceptors (Lipinski definition) is 11. The molecular formula is C24H18NaO11-. The number of aliphatic hydroxyl groups excluding tert-OH is 1. The van der Waals surface area contributed by atoms with Gasteiger partial charge in [0.2, 0.25) is 0 Å². The van der Waals surface area contributed by atoms with Gasteiger partial charge in [-0.15, -0.1) is 0 Å². The van der Waals surface area contributed by atoms with E-state index in [4.69, 9.17) is 18.3 Å². The summed E-state index contributed by atoms with van der Waals surface area (Å²) in [7, 11) is 0. The van der Waals surface area contributed by atoms with Crippen LogP contribution in [0.2, 0.25) is 0 Å². The van der Waals surface area contributed by atoms with E-state index in [0.717, 1.165) is 12.1 Å². The summed E-state index contributed by atoms with van der Waals surface area (Å²) >= 11 is 0. The fraction of sp³-hybridized carbons (Fsp3) is 0.167. The predicted molar refractivity (Wildman–Crippen MR) is 117 cm³/mol. The molecule has 0 amide bonds. The minimum Gasteiger partial charge on any atom is -0.542 e. The molecule has 2 heterocycles. The van der Waals surface area contributed by atoms with Crippen LogP contribution in [-0.2, 0) is 0 Å². The van der Waals surface area contributed by atoms with Crippen LogP contribution in [0.25, 0.3) is 21.9 Å². The number of fused-ring (bicyclic) bond motifs is 2. The average Bonchev–Trinajstić information content (AvgIpc) is 2.80. The first-order valence-corrected chi connectivity index (χ1v) is 9.74. The first kappa shape index (κ1) is 28.6. The Morgan fingerprint density at radius 1 is 0.806 bits per heavy atom. The number of aliphatic hydroxyl groups is 1. The molecule has 11 nitrogen and oxygen atoms in total. The molecule has 36 heavy (non-hydrogen) atoms. The summed E-state index contributed by atoms with van der Waals surface area (Å²) in [6.45, 7) is -0.649. The Hall–Kier alpha value is -3.64. The van der Waals surface area contributed by atoms with Crippen LogP contribution in [0.5, 0.6) is 11.5 Å². The number of carbonyl (C=O) groups is 2. The number of carbonyl (C=O) groups excluding carboxylic acids is 2. The minimum atomic E-state index is -1.64. The molecule has 0 aliphatic heterocycles. The summed E-state index contributed by atoms with van der Waals surface area (Å²) in [5.74, 6) is -4.44. The van der Waals surface area contributed by atoms with E-state index < -0.39 is 40.4 Å². The maximum atomic E-state index is 12.3. The fourth-order valence-corrected chi connectivity index (χ4v) is 3.22. The number of aromatic carboxylic acids is 2. The van der Waals surface area contributed by atoms with Crippen LogP contribution in [0.1, 0.15) is 28.5 Å². The van der Waals surface area contributed by atoms with Crippen molar-refractivity contribution in [3.63, 3.8) is 0 Å². The maximum absolute atomic E-state index is 12.3. The van der Waals surface area contributed by atoms with Crippen molar-refractivity contribution in [1.82, 2.24) is 0 Å². The van der Waals surface area contributed by atoms with Crippen LogP contribution in [-0.4, -0.2) is 36.4 Å². The zero-order valence-corrected chi connectivity index (χ0v) is 20.1. The van der Waals surface area contributed by atoms with E-state index in [1.165, 1.54) is 36.4 Å². The molecule has 0 aliphatic rings. The van der Waals surface area contributed by atoms with E-state index in [2.05, 4.69) is 0 Å². The minimum absolute atomic E-state index is 0. The number of benzene rings is 2. The van der Waals surface area contributed by atoms with Crippen molar-refractivity contribution in [1.29, 1.82) is 0 Å². The van der Waals surface area contributed by atoms with Crippen molar-refractivity contribution in [2.75, 3.05) is 13.2 Å². The second-order valence-electron chi connectivity index (χ2n) is 7.06. The Morgan fingerprint density at radius 2 is 1.19 bits per heavy atom. The quantitative estimate of drug-likeness (QED) is 0.243. The van der Waals surface area contributed by atoms with Crippen molar-refractivity contribution in [2.24, 2.45) is 0 Å². The zero-order chi connectivity index (χ0) is 24.4. The number of ether oxygens (including phenoxy) is 2. The van der Waals surface area contributed by atoms with E-state index in [-0.39, 0.29) is 83.6 Å². The van der Waals surface area contributed by atoms with Crippen molar-refractivity contribution >= 4 is 33.9 Å². The molecule has 182 valence electrons. The Labute approximate surface area is 224 Å². The molecule has 4 rings (SSSR count). The van der Waals surface area contributed by atoms with Gasteiger partial charge in [-0.05, 0) is 24.3 Å². The summed E-state index contributed by atoms with van der Waals surface area (Å²) in [5, 5.41) is 32.1. The van der Waals surface area contributed by atoms with Gasteiger partial charge in [0.05, 0.1) is 0 Å². The third-order valence-corrected chi connectivity index (χ3v) is 4.70. The molecule has 0 aliphatic carbocycles. The molecule has 0 unspecified atom stereocenters. The normalized spacial score (nSPS) is 10.5. The smallest absolute Gasteiger partial charge is 0.542 e. The summed E-state index contributed by atoms with van der Waals surface area (Å²) in [6, 6.07) is 10.1. The van der Waals surface area contributed by atoms with Gasteiger partial charge in [0, 0.05) is 12.1 Å². The van der Waals surface area contributed by atoms with Gasteiger partial charge in [-0.3, -0.25) is 9.59 Å². The van der Waals surface area contributed by atoms with Crippen molar-refractivity contribution < 1.29 is 72.8 Å². The first-order chi connectivity index (χ1) is 16.2. The molecule has 1 N–H and O–H groups in total. The zero-order valence-electron chi connectivity index (χ0n) is 18.1. The van der Waals surface area contributed by atoms with Gasteiger partial charge >= 0.3 is 29.6 Å². The summed E-state index contributed by atoms with van der Waals surface area (Å²) in [4.78, 5) is 46.5. The van der Waals surface area contributed by atoms with Crippen molar-refractivity contribution in [3.05, 3.63) is 80.5 Å². The summed E-state index contributed by atoms with van der Waals surface area (Å²) in [6.07, 6.45) is -1.21. The second-order valence-corrected chi connectivity index (χ2v) is 7.06. The third kappa shape index (κ3) is 5.94. The van der Waals surface area contributed by atoms with Gasteiger partial charge < -0.3 is 43.2 Å². The van der Waals surface area contributed by atoms with E-state index in [9.17, 15) is 34.5 Å². The number of carboxylic acids is 2. The van der Waals surface area contributed by atoms with Crippen LogP contribution >= 0.6 is 0 Å². The van der Waals surface area contributed by atoms with Gasteiger partial charge in [-0.1, -0.05) is 19.6 Å². The van der Waals surface area contributed by atoms with Crippen LogP contribution in [0.4, 0.5) is 0 Å². The van der Waals surface area contributed by atoms with E-state index in [1.54, 1.807) is 0 Å². The summed E-state index contributed by atoms with van der Waals surface area (Å²) in [5.41, 5.74) is -1.40. The molecule has 0 atom stereocenters. The molecule has 2 aromatic carbocycles. The molecule has 0 saturated heterocycles. The largest absolute Gasteiger partial charge is 1.00 e.